The van der Waals surface area contributed by atoms with E-state index in [-0.39, 0.29) is 23.4 Å². The molecule has 10 heteroatoms. The van der Waals surface area contributed by atoms with E-state index in [0.717, 1.165) is 15.2 Å². The summed E-state index contributed by atoms with van der Waals surface area (Å²) in [6, 6.07) is 9.35. The molecule has 1 saturated heterocycles. The fourth-order valence-corrected chi connectivity index (χ4v) is 4.33. The van der Waals surface area contributed by atoms with Crippen LogP contribution in [-0.4, -0.2) is 64.7 Å². The number of carbonyl (C=O) groups is 2. The molecule has 0 bridgehead atoms. The fourth-order valence-electron chi connectivity index (χ4n) is 2.47. The van der Waals surface area contributed by atoms with E-state index < -0.39 is 0 Å². The van der Waals surface area contributed by atoms with Gasteiger partial charge in [-0.05, 0) is 12.1 Å². The number of nitrogens with zero attached hydrogens (tertiary/aromatic N) is 4. The molecule has 2 aromatic rings. The number of amides is 2. The normalized spacial score (nSPS) is 14.3. The Morgan fingerprint density at radius 3 is 2.58 bits per heavy atom. The van der Waals surface area contributed by atoms with Crippen molar-refractivity contribution >= 4 is 57.3 Å². The van der Waals surface area contributed by atoms with Crippen LogP contribution in [0.2, 0.25) is 0 Å². The molecule has 0 aliphatic carbocycles. The number of hydrogen-bond acceptors (Lipinski definition) is 7. The Morgan fingerprint density at radius 2 is 1.88 bits per heavy atom. The zero-order valence-electron chi connectivity index (χ0n) is 13.9. The van der Waals surface area contributed by atoms with Crippen LogP contribution in [0.1, 0.15) is 0 Å². The number of alkyl halides is 1. The van der Waals surface area contributed by atoms with Crippen molar-refractivity contribution in [2.45, 2.75) is 4.34 Å². The van der Waals surface area contributed by atoms with Crippen LogP contribution in [0, 0.1) is 0 Å². The first kappa shape index (κ1) is 18.9. The Bertz CT molecular complexity index is 750. The molecule has 2 heterocycles. The molecule has 2 amide bonds. The molecule has 1 N–H and O–H groups in total. The van der Waals surface area contributed by atoms with Crippen LogP contribution in [0.25, 0.3) is 0 Å². The summed E-state index contributed by atoms with van der Waals surface area (Å²) in [5.41, 5.74) is 0.778. The summed E-state index contributed by atoms with van der Waals surface area (Å²) < 4.78 is 0.752. The quantitative estimate of drug-likeness (QED) is 0.579. The third-order valence-corrected chi connectivity index (χ3v) is 6.14. The molecule has 3 rings (SSSR count). The Morgan fingerprint density at radius 1 is 1.15 bits per heavy atom. The maximum atomic E-state index is 12.0. The molecule has 1 aromatic carbocycles. The number of thioether (sulfide) groups is 1. The summed E-state index contributed by atoms with van der Waals surface area (Å²) in [5, 5.41) is 12.0. The molecule has 0 saturated carbocycles. The van der Waals surface area contributed by atoms with Crippen LogP contribution >= 0.6 is 34.7 Å². The molecule has 26 heavy (non-hydrogen) atoms. The number of benzene rings is 1. The predicted molar refractivity (Wildman–Crippen MR) is 105 cm³/mol. The van der Waals surface area contributed by atoms with Crippen molar-refractivity contribution in [2.75, 3.05) is 48.0 Å². The zero-order chi connectivity index (χ0) is 18.4. The van der Waals surface area contributed by atoms with Crippen LogP contribution in [0.5, 0.6) is 0 Å². The highest BCUT2D eigenvalue weighted by Gasteiger charge is 2.22. The van der Waals surface area contributed by atoms with Crippen molar-refractivity contribution in [1.82, 2.24) is 15.1 Å². The minimum atomic E-state index is -0.0776. The first-order valence-electron chi connectivity index (χ1n) is 8.05. The summed E-state index contributed by atoms with van der Waals surface area (Å²) in [7, 11) is 0. The highest BCUT2D eigenvalue weighted by atomic mass is 35.5. The Balaban J connectivity index is 1.46. The van der Waals surface area contributed by atoms with Gasteiger partial charge in [0.05, 0.1) is 5.75 Å². The maximum absolute atomic E-state index is 12.0. The lowest BCUT2D eigenvalue weighted by molar-refractivity contribution is -0.128. The molecule has 7 nitrogen and oxygen atoms in total. The summed E-state index contributed by atoms with van der Waals surface area (Å²) in [6.07, 6.45) is 0. The number of anilines is 2. The minimum Gasteiger partial charge on any atom is -0.343 e. The van der Waals surface area contributed by atoms with E-state index in [9.17, 15) is 9.59 Å². The van der Waals surface area contributed by atoms with Gasteiger partial charge in [0.2, 0.25) is 16.9 Å². The molecule has 138 valence electrons. The number of para-hydroxylation sites is 1. The first-order chi connectivity index (χ1) is 12.7. The number of carbonyl (C=O) groups excluding carboxylic acids is 2. The number of hydrogen-bond donors (Lipinski definition) is 1. The van der Waals surface area contributed by atoms with Gasteiger partial charge in [-0.2, -0.15) is 0 Å². The Kier molecular flexibility index (Phi) is 6.70. The number of rotatable bonds is 6. The van der Waals surface area contributed by atoms with Gasteiger partial charge < -0.3 is 15.1 Å². The van der Waals surface area contributed by atoms with E-state index in [1.165, 1.54) is 23.1 Å². The molecule has 1 fully saturated rings. The van der Waals surface area contributed by atoms with Crippen molar-refractivity contribution in [3.63, 3.8) is 0 Å². The van der Waals surface area contributed by atoms with E-state index in [2.05, 4.69) is 20.4 Å². The van der Waals surface area contributed by atoms with Crippen molar-refractivity contribution in [2.24, 2.45) is 0 Å². The number of aromatic nitrogens is 2. The summed E-state index contributed by atoms with van der Waals surface area (Å²) in [5.74, 6) is 0.182. The van der Waals surface area contributed by atoms with Gasteiger partial charge in [-0.25, -0.2) is 0 Å². The van der Waals surface area contributed by atoms with Crippen molar-refractivity contribution in [1.29, 1.82) is 0 Å². The second-order valence-corrected chi connectivity index (χ2v) is 8.00. The summed E-state index contributed by atoms with van der Waals surface area (Å²) >= 11 is 8.42. The van der Waals surface area contributed by atoms with Crippen LogP contribution in [0.4, 0.5) is 10.8 Å². The van der Waals surface area contributed by atoms with Gasteiger partial charge in [0.1, 0.15) is 5.88 Å². The number of nitrogens with one attached hydrogen (secondary N) is 1. The van der Waals surface area contributed by atoms with Gasteiger partial charge in [-0.15, -0.1) is 21.8 Å². The molecule has 1 aliphatic rings. The summed E-state index contributed by atoms with van der Waals surface area (Å²) in [6.45, 7) is 2.67. The topological polar surface area (TPSA) is 78.4 Å². The molecule has 0 unspecified atom stereocenters. The highest BCUT2D eigenvalue weighted by molar-refractivity contribution is 8.01. The van der Waals surface area contributed by atoms with Crippen LogP contribution in [-0.2, 0) is 9.59 Å². The van der Waals surface area contributed by atoms with Gasteiger partial charge in [-0.1, -0.05) is 41.3 Å². The average molecular weight is 412 g/mol. The van der Waals surface area contributed by atoms with E-state index >= 15 is 0 Å². The highest BCUT2D eigenvalue weighted by Crippen LogP contribution is 2.28. The second-order valence-electron chi connectivity index (χ2n) is 5.55. The fraction of sp³-hybridized carbons (Fsp3) is 0.375. The third-order valence-electron chi connectivity index (χ3n) is 3.80. The molecule has 0 spiro atoms. The molecule has 0 radical (unpaired) electrons. The van der Waals surface area contributed by atoms with Gasteiger partial charge >= 0.3 is 0 Å². The largest absolute Gasteiger partial charge is 0.343 e. The standard InChI is InChI=1S/C16H18ClN5O2S2/c17-10-14(24)21-6-8-22(9-7-21)15-19-20-16(26-15)25-11-13(23)18-12-4-2-1-3-5-12/h1-5H,6-11H2,(H,18,23). The SMILES string of the molecule is O=C(CSc1nnc(N2CCN(C(=O)CCl)CC2)s1)Nc1ccccc1. The van der Waals surface area contributed by atoms with Gasteiger partial charge in [0.25, 0.3) is 0 Å². The second kappa shape index (κ2) is 9.20. The molecular weight excluding hydrogens is 394 g/mol. The number of piperazine rings is 1. The lowest BCUT2D eigenvalue weighted by Gasteiger charge is -2.33. The zero-order valence-corrected chi connectivity index (χ0v) is 16.3. The number of halogens is 1. The first-order valence-corrected chi connectivity index (χ1v) is 10.4. The van der Waals surface area contributed by atoms with E-state index in [0.29, 0.717) is 26.2 Å². The monoisotopic (exact) mass is 411 g/mol. The van der Waals surface area contributed by atoms with Crippen molar-refractivity contribution in [3.05, 3.63) is 30.3 Å². The maximum Gasteiger partial charge on any atom is 0.237 e. The molecule has 1 aromatic heterocycles. The van der Waals surface area contributed by atoms with Gasteiger partial charge in [0, 0.05) is 31.9 Å². The lowest BCUT2D eigenvalue weighted by Crippen LogP contribution is -2.49. The Labute approximate surface area is 164 Å². The van der Waals surface area contributed by atoms with E-state index in [1.54, 1.807) is 4.90 Å². The minimum absolute atomic E-state index is 0.0185. The van der Waals surface area contributed by atoms with Crippen LogP contribution < -0.4 is 10.2 Å². The average Bonchev–Trinajstić information content (AvgIpc) is 3.16. The van der Waals surface area contributed by atoms with Gasteiger partial charge in [0.15, 0.2) is 4.34 Å². The molecular formula is C16H18ClN5O2S2. The lowest BCUT2D eigenvalue weighted by atomic mass is 10.3. The molecule has 1 aliphatic heterocycles. The van der Waals surface area contributed by atoms with Gasteiger partial charge in [-0.3, -0.25) is 9.59 Å². The molecule has 0 atom stereocenters. The van der Waals surface area contributed by atoms with Crippen molar-refractivity contribution < 1.29 is 9.59 Å². The smallest absolute Gasteiger partial charge is 0.237 e. The van der Waals surface area contributed by atoms with E-state index in [1.807, 2.05) is 30.3 Å². The van der Waals surface area contributed by atoms with Crippen LogP contribution in [0.3, 0.4) is 0 Å². The van der Waals surface area contributed by atoms with Crippen molar-refractivity contribution in [3.8, 4) is 0 Å². The summed E-state index contributed by atoms with van der Waals surface area (Å²) in [4.78, 5) is 27.5. The third kappa shape index (κ3) is 5.09. The Hall–Kier alpha value is -1.84. The van der Waals surface area contributed by atoms with E-state index in [4.69, 9.17) is 11.6 Å². The van der Waals surface area contributed by atoms with Crippen LogP contribution in [0.15, 0.2) is 34.7 Å². The predicted octanol–water partition coefficient (Wildman–Crippen LogP) is 2.16.